The van der Waals surface area contributed by atoms with E-state index in [1.807, 2.05) is 24.0 Å². The molecule has 1 aliphatic heterocycles. The van der Waals surface area contributed by atoms with Crippen LogP contribution in [0.15, 0.2) is 18.3 Å². The Bertz CT molecular complexity index is 370. The highest BCUT2D eigenvalue weighted by atomic mass is 32.2. The number of pyridine rings is 1. The van der Waals surface area contributed by atoms with Crippen LogP contribution in [0.5, 0.6) is 0 Å². The van der Waals surface area contributed by atoms with E-state index in [0.29, 0.717) is 6.04 Å². The van der Waals surface area contributed by atoms with Crippen LogP contribution >= 0.6 is 11.8 Å². The van der Waals surface area contributed by atoms with Crippen molar-refractivity contribution in [3.63, 3.8) is 0 Å². The summed E-state index contributed by atoms with van der Waals surface area (Å²) < 4.78 is 0. The third-order valence-electron chi connectivity index (χ3n) is 3.25. The highest BCUT2D eigenvalue weighted by molar-refractivity contribution is 7.99. The van der Waals surface area contributed by atoms with Crippen molar-refractivity contribution in [1.82, 2.24) is 10.3 Å². The molecule has 0 aliphatic carbocycles. The monoisotopic (exact) mass is 265 g/mol. The Morgan fingerprint density at radius 3 is 3.22 bits per heavy atom. The summed E-state index contributed by atoms with van der Waals surface area (Å²) in [5.74, 6) is 3.59. The van der Waals surface area contributed by atoms with Crippen molar-refractivity contribution >= 4 is 17.6 Å². The predicted molar refractivity (Wildman–Crippen MR) is 80.4 cm³/mol. The molecule has 100 valence electrons. The lowest BCUT2D eigenvalue weighted by Gasteiger charge is -2.35. The van der Waals surface area contributed by atoms with E-state index in [1.54, 1.807) is 0 Å². The normalized spacial score (nSPS) is 20.1. The number of hydrogen-bond donors (Lipinski definition) is 1. The van der Waals surface area contributed by atoms with Crippen LogP contribution in [0.25, 0.3) is 0 Å². The molecule has 0 amide bonds. The lowest BCUT2D eigenvalue weighted by molar-refractivity contribution is 0.653. The fraction of sp³-hybridized carbons (Fsp3) is 0.643. The highest BCUT2D eigenvalue weighted by Crippen LogP contribution is 2.25. The predicted octanol–water partition coefficient (Wildman–Crippen LogP) is 2.52. The van der Waals surface area contributed by atoms with Crippen molar-refractivity contribution in [2.75, 3.05) is 29.5 Å². The summed E-state index contributed by atoms with van der Waals surface area (Å²) in [6, 6.07) is 4.82. The molecule has 0 spiro atoms. The van der Waals surface area contributed by atoms with E-state index >= 15 is 0 Å². The van der Waals surface area contributed by atoms with Crippen molar-refractivity contribution < 1.29 is 0 Å². The molecule has 1 aromatic rings. The van der Waals surface area contributed by atoms with E-state index < -0.39 is 0 Å². The zero-order chi connectivity index (χ0) is 12.8. The van der Waals surface area contributed by atoms with Gasteiger partial charge in [-0.15, -0.1) is 0 Å². The first-order valence-electron chi connectivity index (χ1n) is 6.82. The maximum atomic E-state index is 4.61. The first kappa shape index (κ1) is 13.7. The summed E-state index contributed by atoms with van der Waals surface area (Å²) >= 11 is 2.04. The van der Waals surface area contributed by atoms with Gasteiger partial charge >= 0.3 is 0 Å². The van der Waals surface area contributed by atoms with E-state index in [-0.39, 0.29) is 0 Å². The fourth-order valence-corrected chi connectivity index (χ4v) is 3.28. The molecule has 2 rings (SSSR count). The summed E-state index contributed by atoms with van der Waals surface area (Å²) in [6.07, 6.45) is 3.08. The number of aromatic nitrogens is 1. The molecule has 1 saturated heterocycles. The maximum absolute atomic E-state index is 4.61. The Labute approximate surface area is 114 Å². The Balaban J connectivity index is 2.10. The number of nitrogens with zero attached hydrogens (tertiary/aromatic N) is 2. The van der Waals surface area contributed by atoms with Gasteiger partial charge in [0.15, 0.2) is 0 Å². The van der Waals surface area contributed by atoms with Crippen molar-refractivity contribution in [1.29, 1.82) is 0 Å². The molecule has 18 heavy (non-hydrogen) atoms. The van der Waals surface area contributed by atoms with Crippen LogP contribution in [-0.2, 0) is 6.54 Å². The highest BCUT2D eigenvalue weighted by Gasteiger charge is 2.21. The second-order valence-corrected chi connectivity index (χ2v) is 5.93. The quantitative estimate of drug-likeness (QED) is 0.828. The summed E-state index contributed by atoms with van der Waals surface area (Å²) in [5.41, 5.74) is 1.32. The minimum absolute atomic E-state index is 0.587. The molecule has 1 unspecified atom stereocenters. The second-order valence-electron chi connectivity index (χ2n) is 4.78. The lowest BCUT2D eigenvalue weighted by Crippen LogP contribution is -2.41. The number of nitrogens with one attached hydrogen (secondary N) is 1. The van der Waals surface area contributed by atoms with E-state index in [9.17, 15) is 0 Å². The molecule has 0 saturated carbocycles. The molecule has 1 fully saturated rings. The Kier molecular flexibility index (Phi) is 5.32. The third kappa shape index (κ3) is 3.39. The zero-order valence-corrected chi connectivity index (χ0v) is 12.2. The largest absolute Gasteiger partial charge is 0.352 e. The van der Waals surface area contributed by atoms with E-state index in [2.05, 4.69) is 35.1 Å². The summed E-state index contributed by atoms with van der Waals surface area (Å²) in [4.78, 5) is 7.07. The van der Waals surface area contributed by atoms with Gasteiger partial charge in [0.2, 0.25) is 0 Å². The molecule has 2 heterocycles. The number of rotatable bonds is 5. The molecule has 1 N–H and O–H groups in total. The van der Waals surface area contributed by atoms with Crippen molar-refractivity contribution in [2.24, 2.45) is 0 Å². The Hall–Kier alpha value is -0.740. The molecule has 3 nitrogen and oxygen atoms in total. The van der Waals surface area contributed by atoms with Crippen molar-refractivity contribution in [3.8, 4) is 0 Å². The molecule has 0 bridgehead atoms. The van der Waals surface area contributed by atoms with Gasteiger partial charge in [0, 0.05) is 42.4 Å². The number of hydrogen-bond acceptors (Lipinski definition) is 4. The van der Waals surface area contributed by atoms with Gasteiger partial charge in [-0.1, -0.05) is 13.0 Å². The number of anilines is 1. The van der Waals surface area contributed by atoms with Gasteiger partial charge in [0.25, 0.3) is 0 Å². The van der Waals surface area contributed by atoms with E-state index in [1.165, 1.54) is 29.3 Å². The Morgan fingerprint density at radius 1 is 1.56 bits per heavy atom. The van der Waals surface area contributed by atoms with Gasteiger partial charge in [0.05, 0.1) is 0 Å². The van der Waals surface area contributed by atoms with Crippen molar-refractivity contribution in [2.45, 2.75) is 32.9 Å². The summed E-state index contributed by atoms with van der Waals surface area (Å²) in [6.45, 7) is 7.60. The van der Waals surface area contributed by atoms with Crippen LogP contribution in [0.2, 0.25) is 0 Å². The topological polar surface area (TPSA) is 28.2 Å². The van der Waals surface area contributed by atoms with E-state index in [4.69, 9.17) is 0 Å². The van der Waals surface area contributed by atoms with Gasteiger partial charge < -0.3 is 10.2 Å². The molecule has 1 aliphatic rings. The smallest absolute Gasteiger partial charge is 0.133 e. The fourth-order valence-electron chi connectivity index (χ4n) is 2.27. The van der Waals surface area contributed by atoms with Crippen LogP contribution in [0.1, 0.15) is 25.8 Å². The molecule has 0 aromatic carbocycles. The summed E-state index contributed by atoms with van der Waals surface area (Å²) in [5, 5.41) is 3.47. The van der Waals surface area contributed by atoms with Crippen LogP contribution in [0.4, 0.5) is 5.82 Å². The first-order chi connectivity index (χ1) is 8.83. The van der Waals surface area contributed by atoms with Crippen LogP contribution in [0.3, 0.4) is 0 Å². The lowest BCUT2D eigenvalue weighted by atomic mass is 10.2. The standard InChI is InChI=1S/C14H23N3S/c1-3-6-15-10-13-5-4-7-16-14(13)17-8-9-18-11-12(17)2/h4-5,7,12,15H,3,6,8-11H2,1-2H3. The molecule has 0 radical (unpaired) electrons. The maximum Gasteiger partial charge on any atom is 0.133 e. The van der Waals surface area contributed by atoms with Gasteiger partial charge in [-0.2, -0.15) is 11.8 Å². The molecule has 4 heteroatoms. The molecular weight excluding hydrogens is 242 g/mol. The van der Waals surface area contributed by atoms with Crippen LogP contribution in [-0.4, -0.2) is 35.6 Å². The van der Waals surface area contributed by atoms with Gasteiger partial charge in [-0.3, -0.25) is 0 Å². The minimum atomic E-state index is 0.587. The number of thioether (sulfide) groups is 1. The molecule has 1 atom stereocenters. The molecule has 1 aromatic heterocycles. The van der Waals surface area contributed by atoms with Crippen molar-refractivity contribution in [3.05, 3.63) is 23.9 Å². The van der Waals surface area contributed by atoms with Crippen LogP contribution < -0.4 is 10.2 Å². The molecular formula is C14H23N3S. The Morgan fingerprint density at radius 2 is 2.44 bits per heavy atom. The summed E-state index contributed by atoms with van der Waals surface area (Å²) in [7, 11) is 0. The third-order valence-corrected chi connectivity index (χ3v) is 4.44. The minimum Gasteiger partial charge on any atom is -0.352 e. The van der Waals surface area contributed by atoms with E-state index in [0.717, 1.165) is 19.6 Å². The SMILES string of the molecule is CCCNCc1cccnc1N1CCSCC1C. The average molecular weight is 265 g/mol. The van der Waals surface area contributed by atoms with Crippen LogP contribution in [0, 0.1) is 0 Å². The average Bonchev–Trinajstić information content (AvgIpc) is 2.40. The first-order valence-corrected chi connectivity index (χ1v) is 7.97. The van der Waals surface area contributed by atoms with Gasteiger partial charge in [0.1, 0.15) is 5.82 Å². The zero-order valence-electron chi connectivity index (χ0n) is 11.4. The second kappa shape index (κ2) is 7.00. The van der Waals surface area contributed by atoms with Gasteiger partial charge in [-0.05, 0) is 26.0 Å². The van der Waals surface area contributed by atoms with Gasteiger partial charge in [-0.25, -0.2) is 4.98 Å².